The van der Waals surface area contributed by atoms with Crippen LogP contribution >= 0.6 is 0 Å². The van der Waals surface area contributed by atoms with Crippen LogP contribution in [0.3, 0.4) is 0 Å². The molecule has 0 saturated heterocycles. The summed E-state index contributed by atoms with van der Waals surface area (Å²) in [6.45, 7) is 6.21. The van der Waals surface area contributed by atoms with Gasteiger partial charge in [0.1, 0.15) is 5.25 Å². The molecule has 0 bridgehead atoms. The summed E-state index contributed by atoms with van der Waals surface area (Å²) < 4.78 is 12.2. The Hall–Kier alpha value is -1.43. The third-order valence-corrected chi connectivity index (χ3v) is 4.06. The van der Waals surface area contributed by atoms with Gasteiger partial charge in [-0.05, 0) is 18.9 Å². The lowest BCUT2D eigenvalue weighted by atomic mass is 10.2. The Morgan fingerprint density at radius 1 is 1.50 bits per heavy atom. The molecule has 2 unspecified atom stereocenters. The lowest BCUT2D eigenvalue weighted by molar-refractivity contribution is -0.120. The van der Waals surface area contributed by atoms with Crippen molar-refractivity contribution in [2.75, 3.05) is 12.3 Å². The third kappa shape index (κ3) is 3.80. The van der Waals surface area contributed by atoms with Gasteiger partial charge in [0.2, 0.25) is 5.91 Å². The van der Waals surface area contributed by atoms with Gasteiger partial charge in [-0.2, -0.15) is 0 Å². The Morgan fingerprint density at radius 3 is 2.72 bits per heavy atom. The maximum Gasteiger partial charge on any atom is 0.235 e. The Balaban J connectivity index is 2.72. The summed E-state index contributed by atoms with van der Waals surface area (Å²) in [4.78, 5) is 16.1. The average molecular weight is 269 g/mol. The predicted octanol–water partition coefficient (Wildman–Crippen LogP) is 0.932. The van der Waals surface area contributed by atoms with Crippen molar-refractivity contribution in [3.8, 4) is 0 Å². The molecule has 0 radical (unpaired) electrons. The lowest BCUT2D eigenvalue weighted by Crippen LogP contribution is -2.37. The molecule has 0 aliphatic carbocycles. The van der Waals surface area contributed by atoms with E-state index in [0.717, 1.165) is 0 Å². The molecule has 1 amide bonds. The average Bonchev–Trinajstić information content (AvgIpc) is 2.34. The highest BCUT2D eigenvalue weighted by Crippen LogP contribution is 2.17. The molecule has 0 aliphatic heterocycles. The highest BCUT2D eigenvalue weighted by molar-refractivity contribution is 7.86. The lowest BCUT2D eigenvalue weighted by Gasteiger charge is -2.14. The number of nitrogens with zero attached hydrogens (tertiary/aromatic N) is 1. The molecule has 1 aromatic heterocycles. The molecule has 5 nitrogen and oxygen atoms in total. The predicted molar refractivity (Wildman–Crippen MR) is 72.4 cm³/mol. The molecule has 2 atom stereocenters. The first-order chi connectivity index (χ1) is 8.43. The summed E-state index contributed by atoms with van der Waals surface area (Å²) >= 11 is 0. The van der Waals surface area contributed by atoms with E-state index in [1.165, 1.54) is 12.4 Å². The third-order valence-electron chi connectivity index (χ3n) is 2.40. The van der Waals surface area contributed by atoms with E-state index in [0.29, 0.717) is 23.0 Å². The van der Waals surface area contributed by atoms with Crippen molar-refractivity contribution < 1.29 is 9.00 Å². The summed E-state index contributed by atoms with van der Waals surface area (Å²) in [5.74, 6) is 0.138. The smallest absolute Gasteiger partial charge is 0.235 e. The number of hydrogen-bond donors (Lipinski definition) is 2. The van der Waals surface area contributed by atoms with Crippen LogP contribution in [0.4, 0.5) is 5.69 Å². The molecule has 0 aromatic carbocycles. The van der Waals surface area contributed by atoms with Gasteiger partial charge in [-0.3, -0.25) is 14.0 Å². The number of aromatic nitrogens is 1. The number of carbonyl (C=O) groups excluding carboxylic acids is 1. The zero-order chi connectivity index (χ0) is 13.7. The topological polar surface area (TPSA) is 85.1 Å². The maximum absolute atomic E-state index is 12.2. The van der Waals surface area contributed by atoms with E-state index in [9.17, 15) is 9.00 Å². The van der Waals surface area contributed by atoms with Crippen molar-refractivity contribution in [1.29, 1.82) is 0 Å². The first-order valence-electron chi connectivity index (χ1n) is 5.81. The normalized spacial score (nSPS) is 14.2. The molecule has 100 valence electrons. The van der Waals surface area contributed by atoms with Gasteiger partial charge < -0.3 is 11.1 Å². The molecule has 18 heavy (non-hydrogen) atoms. The summed E-state index contributed by atoms with van der Waals surface area (Å²) in [5.41, 5.74) is 6.04. The van der Waals surface area contributed by atoms with Gasteiger partial charge in [-0.15, -0.1) is 0 Å². The van der Waals surface area contributed by atoms with E-state index in [2.05, 4.69) is 10.3 Å². The van der Waals surface area contributed by atoms with Gasteiger partial charge in [0.25, 0.3) is 0 Å². The van der Waals surface area contributed by atoms with Gasteiger partial charge in [0, 0.05) is 12.7 Å². The van der Waals surface area contributed by atoms with Crippen LogP contribution < -0.4 is 11.1 Å². The summed E-state index contributed by atoms with van der Waals surface area (Å²) in [6.07, 6.45) is 2.95. The molecule has 0 spiro atoms. The summed E-state index contributed by atoms with van der Waals surface area (Å²) in [7, 11) is -1.46. The van der Waals surface area contributed by atoms with Crippen LogP contribution in [0.2, 0.25) is 0 Å². The van der Waals surface area contributed by atoms with Crippen molar-refractivity contribution in [1.82, 2.24) is 10.3 Å². The summed E-state index contributed by atoms with van der Waals surface area (Å²) in [6, 6.07) is 1.58. The van der Waals surface area contributed by atoms with Gasteiger partial charge >= 0.3 is 0 Å². The summed E-state index contributed by atoms with van der Waals surface area (Å²) in [5, 5.41) is 2.13. The number of carbonyl (C=O) groups is 1. The zero-order valence-corrected chi connectivity index (χ0v) is 11.7. The molecular formula is C12H19N3O2S. The maximum atomic E-state index is 12.2. The van der Waals surface area contributed by atoms with Crippen molar-refractivity contribution in [2.45, 2.75) is 30.9 Å². The molecule has 0 saturated carbocycles. The van der Waals surface area contributed by atoms with Gasteiger partial charge in [0.05, 0.1) is 27.6 Å². The molecule has 0 aliphatic rings. The van der Waals surface area contributed by atoms with E-state index < -0.39 is 16.0 Å². The van der Waals surface area contributed by atoms with E-state index in [1.807, 2.05) is 13.8 Å². The van der Waals surface area contributed by atoms with Crippen molar-refractivity contribution in [3.05, 3.63) is 18.5 Å². The minimum Gasteiger partial charge on any atom is -0.396 e. The van der Waals surface area contributed by atoms with Crippen molar-refractivity contribution in [3.63, 3.8) is 0 Å². The standard InChI is InChI=1S/C12H19N3O2S/c1-8(2)6-15-12(16)9(3)18(17)11-4-5-14-7-10(11)13/h4-5,7-9H,6,13H2,1-3H3,(H,15,16). The van der Waals surface area contributed by atoms with E-state index in [4.69, 9.17) is 5.73 Å². The largest absolute Gasteiger partial charge is 0.396 e. The molecule has 1 rings (SSSR count). The first kappa shape index (κ1) is 14.6. The molecule has 0 fully saturated rings. The van der Waals surface area contributed by atoms with E-state index in [-0.39, 0.29) is 5.91 Å². The van der Waals surface area contributed by atoms with Gasteiger partial charge in [-0.1, -0.05) is 13.8 Å². The first-order valence-corrected chi connectivity index (χ1v) is 7.02. The monoisotopic (exact) mass is 269 g/mol. The molecular weight excluding hydrogens is 250 g/mol. The van der Waals surface area contributed by atoms with Crippen LogP contribution in [0, 0.1) is 5.92 Å². The number of nitrogens with two attached hydrogens (primary N) is 1. The Morgan fingerprint density at radius 2 is 2.17 bits per heavy atom. The fraction of sp³-hybridized carbons (Fsp3) is 0.500. The van der Waals surface area contributed by atoms with Crippen LogP contribution in [0.25, 0.3) is 0 Å². The zero-order valence-electron chi connectivity index (χ0n) is 10.8. The fourth-order valence-corrected chi connectivity index (χ4v) is 2.45. The van der Waals surface area contributed by atoms with Crippen molar-refractivity contribution in [2.24, 2.45) is 5.92 Å². The fourth-order valence-electron chi connectivity index (χ4n) is 1.31. The van der Waals surface area contributed by atoms with Crippen LogP contribution in [-0.2, 0) is 15.6 Å². The van der Waals surface area contributed by atoms with E-state index in [1.54, 1.807) is 13.0 Å². The molecule has 1 aromatic rings. The molecule has 1 heterocycles. The second-order valence-electron chi connectivity index (χ2n) is 4.49. The van der Waals surface area contributed by atoms with Crippen molar-refractivity contribution >= 4 is 22.4 Å². The molecule has 3 N–H and O–H groups in total. The van der Waals surface area contributed by atoms with Gasteiger partial charge in [0.15, 0.2) is 0 Å². The number of rotatable bonds is 5. The SMILES string of the molecule is CC(C)CNC(=O)C(C)S(=O)c1ccncc1N. The molecule has 6 heteroatoms. The quantitative estimate of drug-likeness (QED) is 0.833. The second-order valence-corrected chi connectivity index (χ2v) is 6.23. The highest BCUT2D eigenvalue weighted by atomic mass is 32.2. The Kier molecular flexibility index (Phi) is 5.27. The van der Waals surface area contributed by atoms with Crippen LogP contribution in [-0.4, -0.2) is 26.9 Å². The van der Waals surface area contributed by atoms with Crippen LogP contribution in [0.5, 0.6) is 0 Å². The Bertz CT molecular complexity index is 449. The van der Waals surface area contributed by atoms with Crippen LogP contribution in [0.15, 0.2) is 23.4 Å². The number of hydrogen-bond acceptors (Lipinski definition) is 4. The number of anilines is 1. The van der Waals surface area contributed by atoms with E-state index >= 15 is 0 Å². The number of pyridine rings is 1. The Labute approximate surface area is 110 Å². The van der Waals surface area contributed by atoms with Crippen LogP contribution in [0.1, 0.15) is 20.8 Å². The van der Waals surface area contributed by atoms with Gasteiger partial charge in [-0.25, -0.2) is 0 Å². The highest BCUT2D eigenvalue weighted by Gasteiger charge is 2.22. The minimum absolute atomic E-state index is 0.224. The number of nitrogens with one attached hydrogen (secondary N) is 1. The number of nitrogen functional groups attached to an aromatic ring is 1. The second kappa shape index (κ2) is 6.49. The minimum atomic E-state index is -1.46. The number of amides is 1.